The highest BCUT2D eigenvalue weighted by Gasteiger charge is 2.74. The Morgan fingerprint density at radius 3 is 2.16 bits per heavy atom. The number of piperidine rings is 1. The number of fused-ring (bicyclic) bond motifs is 1. The van der Waals surface area contributed by atoms with Crippen LogP contribution in [0.4, 0.5) is 4.79 Å². The van der Waals surface area contributed by atoms with Gasteiger partial charge in [-0.05, 0) is 26.2 Å². The molecule has 0 radical (unpaired) electrons. The van der Waals surface area contributed by atoms with Crippen LogP contribution in [-0.4, -0.2) is 69.6 Å². The zero-order valence-electron chi connectivity index (χ0n) is 19.0. The van der Waals surface area contributed by atoms with Crippen LogP contribution in [0.15, 0.2) is 0 Å². The van der Waals surface area contributed by atoms with Gasteiger partial charge in [-0.1, -0.05) is 20.8 Å². The number of halogens is 2. The van der Waals surface area contributed by atoms with Crippen molar-refractivity contribution in [3.63, 3.8) is 0 Å². The minimum atomic E-state index is -1.19. The van der Waals surface area contributed by atoms with Gasteiger partial charge in [0, 0.05) is 18.4 Å². The molecular formula is C20H30Cl2N4O6. The molecule has 2 rings (SSSR count). The highest BCUT2D eigenvalue weighted by atomic mass is 35.5. The van der Waals surface area contributed by atoms with E-state index in [0.29, 0.717) is 0 Å². The second-order valence-electron chi connectivity index (χ2n) is 10.2. The molecule has 1 saturated carbocycles. The number of nitrogens with one attached hydrogen (secondary N) is 2. The lowest BCUT2D eigenvalue weighted by molar-refractivity contribution is -0.143. The number of hydrogen-bond donors (Lipinski definition) is 3. The molecule has 4 amide bonds. The number of rotatable bonds is 6. The SMILES string of the molecule is CC(C)(C)OC(=O)N[C@H](C(=O)N1C[C@H]2[C@@H]([C@H]1C(=O)NCC(=O)C(N)=O)C2(Cl)Cl)C(C)(C)C. The normalized spacial score (nSPS) is 24.8. The van der Waals surface area contributed by atoms with Crippen molar-refractivity contribution in [1.29, 1.82) is 0 Å². The molecule has 12 heteroatoms. The number of primary amides is 1. The van der Waals surface area contributed by atoms with E-state index in [1.54, 1.807) is 41.5 Å². The molecule has 0 spiro atoms. The molecule has 2 fully saturated rings. The summed E-state index contributed by atoms with van der Waals surface area (Å²) in [6.07, 6.45) is -0.771. The number of nitrogens with zero attached hydrogens (tertiary/aromatic N) is 1. The molecular weight excluding hydrogens is 463 g/mol. The van der Waals surface area contributed by atoms with Crippen molar-refractivity contribution in [3.05, 3.63) is 0 Å². The Morgan fingerprint density at radius 2 is 1.69 bits per heavy atom. The zero-order valence-corrected chi connectivity index (χ0v) is 20.5. The first-order chi connectivity index (χ1) is 14.4. The lowest BCUT2D eigenvalue weighted by Crippen LogP contribution is -2.60. The first-order valence-corrected chi connectivity index (χ1v) is 10.9. The molecule has 1 aliphatic carbocycles. The van der Waals surface area contributed by atoms with Crippen LogP contribution in [-0.2, 0) is 23.9 Å². The fourth-order valence-electron chi connectivity index (χ4n) is 3.73. The molecule has 1 heterocycles. The lowest BCUT2D eigenvalue weighted by atomic mass is 9.85. The summed E-state index contributed by atoms with van der Waals surface area (Å²) in [6, 6.07) is -2.09. The summed E-state index contributed by atoms with van der Waals surface area (Å²) < 4.78 is 4.09. The minimum absolute atomic E-state index is 0.0981. The van der Waals surface area contributed by atoms with E-state index in [0.717, 1.165) is 0 Å². The van der Waals surface area contributed by atoms with Gasteiger partial charge in [-0.3, -0.25) is 19.2 Å². The van der Waals surface area contributed by atoms with Crippen molar-refractivity contribution in [2.24, 2.45) is 23.0 Å². The van der Waals surface area contributed by atoms with Crippen LogP contribution < -0.4 is 16.4 Å². The van der Waals surface area contributed by atoms with Crippen molar-refractivity contribution >= 4 is 52.8 Å². The second kappa shape index (κ2) is 8.70. The maximum absolute atomic E-state index is 13.5. The van der Waals surface area contributed by atoms with E-state index >= 15 is 0 Å². The number of nitrogens with two attached hydrogens (primary N) is 1. The maximum Gasteiger partial charge on any atom is 0.408 e. The van der Waals surface area contributed by atoms with Gasteiger partial charge >= 0.3 is 6.09 Å². The van der Waals surface area contributed by atoms with Crippen molar-refractivity contribution in [3.8, 4) is 0 Å². The summed E-state index contributed by atoms with van der Waals surface area (Å²) in [5, 5.41) is 4.92. The number of carbonyl (C=O) groups is 5. The van der Waals surface area contributed by atoms with Gasteiger partial charge in [-0.25, -0.2) is 4.79 Å². The van der Waals surface area contributed by atoms with Gasteiger partial charge in [0.2, 0.25) is 17.6 Å². The van der Waals surface area contributed by atoms with Crippen molar-refractivity contribution in [2.75, 3.05) is 13.1 Å². The van der Waals surface area contributed by atoms with Crippen molar-refractivity contribution in [1.82, 2.24) is 15.5 Å². The van der Waals surface area contributed by atoms with E-state index in [9.17, 15) is 24.0 Å². The van der Waals surface area contributed by atoms with Crippen LogP contribution in [0.2, 0.25) is 0 Å². The molecule has 1 aliphatic heterocycles. The first kappa shape index (κ1) is 26.2. The summed E-state index contributed by atoms with van der Waals surface area (Å²) in [5.41, 5.74) is 3.42. The van der Waals surface area contributed by atoms with Crippen molar-refractivity contribution in [2.45, 2.75) is 63.6 Å². The molecule has 4 N–H and O–H groups in total. The van der Waals surface area contributed by atoms with E-state index in [4.69, 9.17) is 33.7 Å². The number of amides is 4. The number of Topliss-reactive ketones (excluding diaryl/α,β-unsaturated/α-hetero) is 1. The largest absolute Gasteiger partial charge is 0.444 e. The van der Waals surface area contributed by atoms with Crippen LogP contribution in [0.1, 0.15) is 41.5 Å². The quantitative estimate of drug-likeness (QED) is 0.367. The minimum Gasteiger partial charge on any atom is -0.444 e. The van der Waals surface area contributed by atoms with Gasteiger partial charge in [0.15, 0.2) is 0 Å². The van der Waals surface area contributed by atoms with Gasteiger partial charge in [0.05, 0.1) is 6.54 Å². The number of ether oxygens (including phenoxy) is 1. The highest BCUT2D eigenvalue weighted by molar-refractivity contribution is 6.51. The summed E-state index contributed by atoms with van der Waals surface area (Å²) in [7, 11) is 0. The van der Waals surface area contributed by atoms with E-state index < -0.39 is 69.5 Å². The van der Waals surface area contributed by atoms with Gasteiger partial charge in [-0.2, -0.15) is 0 Å². The molecule has 0 bridgehead atoms. The smallest absolute Gasteiger partial charge is 0.408 e. The lowest BCUT2D eigenvalue weighted by Gasteiger charge is -2.37. The predicted octanol–water partition coefficient (Wildman–Crippen LogP) is 0.727. The second-order valence-corrected chi connectivity index (χ2v) is 11.6. The third-order valence-electron chi connectivity index (χ3n) is 5.36. The van der Waals surface area contributed by atoms with E-state index in [1.165, 1.54) is 4.90 Å². The highest BCUT2D eigenvalue weighted by Crippen LogP contribution is 2.65. The molecule has 0 aromatic carbocycles. The van der Waals surface area contributed by atoms with E-state index in [2.05, 4.69) is 10.6 Å². The Kier molecular flexibility index (Phi) is 7.12. The third-order valence-corrected chi connectivity index (χ3v) is 6.42. The number of carbonyl (C=O) groups excluding carboxylic acids is 5. The Labute approximate surface area is 196 Å². The van der Waals surface area contributed by atoms with E-state index in [1.807, 2.05) is 0 Å². The Balaban J connectivity index is 2.24. The molecule has 0 aromatic heterocycles. The molecule has 2 aliphatic rings. The average molecular weight is 493 g/mol. The van der Waals surface area contributed by atoms with Gasteiger partial charge in [0.25, 0.3) is 5.91 Å². The van der Waals surface area contributed by atoms with Gasteiger partial charge < -0.3 is 26.0 Å². The Morgan fingerprint density at radius 1 is 1.12 bits per heavy atom. The Bertz CT molecular complexity index is 833. The summed E-state index contributed by atoms with van der Waals surface area (Å²) >= 11 is 12.5. The number of alkyl halides is 2. The van der Waals surface area contributed by atoms with Gasteiger partial charge in [0.1, 0.15) is 22.0 Å². The number of likely N-dealkylation sites (tertiary alicyclic amines) is 1. The van der Waals surface area contributed by atoms with Crippen LogP contribution in [0.5, 0.6) is 0 Å². The molecule has 10 nitrogen and oxygen atoms in total. The third kappa shape index (κ3) is 5.64. The number of hydrogen-bond acceptors (Lipinski definition) is 6. The molecule has 4 atom stereocenters. The first-order valence-electron chi connectivity index (χ1n) is 10.2. The summed E-state index contributed by atoms with van der Waals surface area (Å²) in [6.45, 7) is 9.86. The van der Waals surface area contributed by atoms with Crippen LogP contribution >= 0.6 is 23.2 Å². The monoisotopic (exact) mass is 492 g/mol. The summed E-state index contributed by atoms with van der Waals surface area (Å²) in [5.74, 6) is -4.27. The van der Waals surface area contributed by atoms with Crippen LogP contribution in [0.25, 0.3) is 0 Å². The molecule has 0 unspecified atom stereocenters. The van der Waals surface area contributed by atoms with Gasteiger partial charge in [-0.15, -0.1) is 23.2 Å². The standard InChI is InChI=1S/C20H30Cl2N4O6/c1-18(2,3)13(25-17(31)32-19(4,5)6)16(30)26-8-9-11(20(9,21)22)12(26)15(29)24-7-10(27)14(23)28/h9,11-13H,7-8H2,1-6H3,(H2,23,28)(H,24,29)(H,25,31)/t9-,11-,12-,13+/m0/s1. The fraction of sp³-hybridized carbons (Fsp3) is 0.750. The van der Waals surface area contributed by atoms with E-state index in [-0.39, 0.29) is 12.5 Å². The summed E-state index contributed by atoms with van der Waals surface area (Å²) in [4.78, 5) is 62.4. The van der Waals surface area contributed by atoms with Crippen LogP contribution in [0.3, 0.4) is 0 Å². The number of ketones is 1. The van der Waals surface area contributed by atoms with Crippen LogP contribution in [0, 0.1) is 17.3 Å². The molecule has 32 heavy (non-hydrogen) atoms. The van der Waals surface area contributed by atoms with Crippen molar-refractivity contribution < 1.29 is 28.7 Å². The number of alkyl carbamates (subject to hydrolysis) is 1. The molecule has 0 aromatic rings. The average Bonchev–Trinajstić information content (AvgIpc) is 2.97. The molecule has 180 valence electrons. The molecule has 1 saturated heterocycles. The zero-order chi connectivity index (χ0) is 24.8. The topological polar surface area (TPSA) is 148 Å². The Hall–Kier alpha value is -2.07. The fourth-order valence-corrected chi connectivity index (χ4v) is 4.56. The maximum atomic E-state index is 13.5. The predicted molar refractivity (Wildman–Crippen MR) is 117 cm³/mol.